The third-order valence-electron chi connectivity index (χ3n) is 5.41. The number of ether oxygens (including phenoxy) is 2. The smallest absolute Gasteiger partial charge is 0.279 e. The molecule has 2 amide bonds. The fourth-order valence-electron chi connectivity index (χ4n) is 3.34. The highest BCUT2D eigenvalue weighted by Crippen LogP contribution is 2.29. The van der Waals surface area contributed by atoms with E-state index in [0.29, 0.717) is 23.8 Å². The fourth-order valence-corrected chi connectivity index (χ4v) is 3.34. The third kappa shape index (κ3) is 6.00. The molecule has 2 unspecified atom stereocenters. The first-order chi connectivity index (χ1) is 15.5. The van der Waals surface area contributed by atoms with E-state index in [1.165, 1.54) is 0 Å². The fraction of sp³-hybridized carbons (Fsp3) is 0.308. The van der Waals surface area contributed by atoms with Crippen LogP contribution in [0.4, 0.5) is 0 Å². The summed E-state index contributed by atoms with van der Waals surface area (Å²) in [4.78, 5) is 24.7. The lowest BCUT2D eigenvalue weighted by Gasteiger charge is -2.21. The standard InChI is InChI=1S/C26H30N2O4/c1-4-18(3)22-12-8-9-13-24(22)32-23(5-2)26(30)28-27-25(29)17-31-21-15-14-19-10-6-7-11-20(19)16-21/h6-16,18,23H,4-5,17H2,1-3H3,(H,27,29)(H,28,30). The second-order valence-electron chi connectivity index (χ2n) is 7.70. The molecule has 6 heteroatoms. The Kier molecular flexibility index (Phi) is 8.08. The van der Waals surface area contributed by atoms with Gasteiger partial charge in [0.2, 0.25) is 0 Å². The van der Waals surface area contributed by atoms with E-state index in [0.717, 1.165) is 22.8 Å². The summed E-state index contributed by atoms with van der Waals surface area (Å²) >= 11 is 0. The minimum atomic E-state index is -0.720. The van der Waals surface area contributed by atoms with Crippen LogP contribution < -0.4 is 20.3 Å². The Bertz CT molecular complexity index is 1070. The number of hydrogen-bond acceptors (Lipinski definition) is 4. The lowest BCUT2D eigenvalue weighted by molar-refractivity contribution is -0.134. The first kappa shape index (κ1) is 23.1. The Morgan fingerprint density at radius 2 is 1.59 bits per heavy atom. The zero-order valence-corrected chi connectivity index (χ0v) is 18.8. The van der Waals surface area contributed by atoms with E-state index in [2.05, 4.69) is 24.7 Å². The summed E-state index contributed by atoms with van der Waals surface area (Å²) in [6.07, 6.45) is 0.711. The molecule has 168 valence electrons. The van der Waals surface area contributed by atoms with E-state index in [1.54, 1.807) is 0 Å². The van der Waals surface area contributed by atoms with E-state index >= 15 is 0 Å². The van der Waals surface area contributed by atoms with Gasteiger partial charge in [0.05, 0.1) is 0 Å². The molecule has 6 nitrogen and oxygen atoms in total. The molecule has 3 aromatic rings. The number of para-hydroxylation sites is 1. The first-order valence-electron chi connectivity index (χ1n) is 11.0. The largest absolute Gasteiger partial charge is 0.484 e. The number of carbonyl (C=O) groups is 2. The minimum absolute atomic E-state index is 0.215. The van der Waals surface area contributed by atoms with Gasteiger partial charge in [0, 0.05) is 0 Å². The Morgan fingerprint density at radius 1 is 0.875 bits per heavy atom. The predicted octanol–water partition coefficient (Wildman–Crippen LogP) is 4.74. The van der Waals surface area contributed by atoms with Crippen LogP contribution in [0, 0.1) is 0 Å². The van der Waals surface area contributed by atoms with Crippen LogP contribution in [-0.2, 0) is 9.59 Å². The van der Waals surface area contributed by atoms with Gasteiger partial charge in [0.1, 0.15) is 11.5 Å². The van der Waals surface area contributed by atoms with E-state index in [-0.39, 0.29) is 6.61 Å². The van der Waals surface area contributed by atoms with Gasteiger partial charge < -0.3 is 9.47 Å². The molecule has 0 aromatic heterocycles. The number of amides is 2. The molecule has 3 rings (SSSR count). The van der Waals surface area contributed by atoms with Crippen LogP contribution in [0.2, 0.25) is 0 Å². The molecule has 0 saturated carbocycles. The molecule has 0 saturated heterocycles. The van der Waals surface area contributed by atoms with E-state index in [9.17, 15) is 9.59 Å². The van der Waals surface area contributed by atoms with Crippen molar-refractivity contribution in [2.75, 3.05) is 6.61 Å². The average Bonchev–Trinajstić information content (AvgIpc) is 2.84. The molecule has 0 aliphatic rings. The van der Waals surface area contributed by atoms with Crippen molar-refractivity contribution < 1.29 is 19.1 Å². The number of carbonyl (C=O) groups excluding carboxylic acids is 2. The van der Waals surface area contributed by atoms with Gasteiger partial charge in [-0.15, -0.1) is 0 Å². The Morgan fingerprint density at radius 3 is 2.34 bits per heavy atom. The molecule has 0 spiro atoms. The Labute approximate surface area is 188 Å². The van der Waals surface area contributed by atoms with Gasteiger partial charge in [-0.3, -0.25) is 20.4 Å². The Hall–Kier alpha value is -3.54. The molecular formula is C26H30N2O4. The topological polar surface area (TPSA) is 76.7 Å². The SMILES string of the molecule is CCC(Oc1ccccc1C(C)CC)C(=O)NNC(=O)COc1ccc2ccccc2c1. The minimum Gasteiger partial charge on any atom is -0.484 e. The molecule has 0 aliphatic heterocycles. The summed E-state index contributed by atoms with van der Waals surface area (Å²) in [6, 6.07) is 21.3. The van der Waals surface area contributed by atoms with Gasteiger partial charge in [-0.25, -0.2) is 0 Å². The van der Waals surface area contributed by atoms with Crippen LogP contribution in [0.25, 0.3) is 10.8 Å². The van der Waals surface area contributed by atoms with Crippen molar-refractivity contribution >= 4 is 22.6 Å². The van der Waals surface area contributed by atoms with Crippen molar-refractivity contribution in [3.63, 3.8) is 0 Å². The van der Waals surface area contributed by atoms with Gasteiger partial charge in [-0.1, -0.05) is 69.3 Å². The first-order valence-corrected chi connectivity index (χ1v) is 11.0. The molecule has 32 heavy (non-hydrogen) atoms. The van der Waals surface area contributed by atoms with Crippen LogP contribution in [0.5, 0.6) is 11.5 Å². The summed E-state index contributed by atoms with van der Waals surface area (Å²) in [7, 11) is 0. The number of rotatable bonds is 9. The second kappa shape index (κ2) is 11.2. The van der Waals surface area contributed by atoms with Crippen LogP contribution in [0.1, 0.15) is 45.1 Å². The van der Waals surface area contributed by atoms with E-state index in [1.807, 2.05) is 73.7 Å². The van der Waals surface area contributed by atoms with Crippen LogP contribution in [0.15, 0.2) is 66.7 Å². The van der Waals surface area contributed by atoms with Gasteiger partial charge in [0.25, 0.3) is 11.8 Å². The maximum atomic E-state index is 12.6. The van der Waals surface area contributed by atoms with Gasteiger partial charge in [0.15, 0.2) is 12.7 Å². The summed E-state index contributed by atoms with van der Waals surface area (Å²) in [6.45, 7) is 5.88. The molecular weight excluding hydrogens is 404 g/mol. The van der Waals surface area contributed by atoms with Gasteiger partial charge >= 0.3 is 0 Å². The number of benzene rings is 3. The summed E-state index contributed by atoms with van der Waals surface area (Å²) in [5, 5.41) is 2.12. The average molecular weight is 435 g/mol. The molecule has 0 bridgehead atoms. The monoisotopic (exact) mass is 434 g/mol. The van der Waals surface area contributed by atoms with E-state index in [4.69, 9.17) is 9.47 Å². The van der Waals surface area contributed by atoms with Gasteiger partial charge in [-0.2, -0.15) is 0 Å². The van der Waals surface area contributed by atoms with Gasteiger partial charge in [-0.05, 0) is 53.3 Å². The summed E-state index contributed by atoms with van der Waals surface area (Å²) in [5.74, 6) is 0.724. The molecule has 2 atom stereocenters. The Balaban J connectivity index is 1.51. The second-order valence-corrected chi connectivity index (χ2v) is 7.70. The van der Waals surface area contributed by atoms with Crippen LogP contribution in [-0.4, -0.2) is 24.5 Å². The zero-order valence-electron chi connectivity index (χ0n) is 18.8. The third-order valence-corrected chi connectivity index (χ3v) is 5.41. The highest BCUT2D eigenvalue weighted by Gasteiger charge is 2.21. The van der Waals surface area contributed by atoms with Crippen molar-refractivity contribution in [1.29, 1.82) is 0 Å². The van der Waals surface area contributed by atoms with Crippen molar-refractivity contribution in [2.24, 2.45) is 0 Å². The molecule has 0 radical (unpaired) electrons. The molecule has 0 fully saturated rings. The quantitative estimate of drug-likeness (QED) is 0.477. The lowest BCUT2D eigenvalue weighted by Crippen LogP contribution is -2.49. The number of fused-ring (bicyclic) bond motifs is 1. The number of hydrogen-bond donors (Lipinski definition) is 2. The number of hydrazine groups is 1. The zero-order chi connectivity index (χ0) is 22.9. The van der Waals surface area contributed by atoms with Crippen molar-refractivity contribution in [2.45, 2.75) is 45.6 Å². The maximum Gasteiger partial charge on any atom is 0.279 e. The highest BCUT2D eigenvalue weighted by molar-refractivity contribution is 5.86. The van der Waals surface area contributed by atoms with Crippen LogP contribution >= 0.6 is 0 Å². The van der Waals surface area contributed by atoms with E-state index < -0.39 is 17.9 Å². The normalized spacial score (nSPS) is 12.6. The highest BCUT2D eigenvalue weighted by atomic mass is 16.5. The van der Waals surface area contributed by atoms with Crippen LogP contribution in [0.3, 0.4) is 0 Å². The molecule has 2 N–H and O–H groups in total. The molecule has 0 heterocycles. The summed E-state index contributed by atoms with van der Waals surface area (Å²) in [5.41, 5.74) is 5.90. The predicted molar refractivity (Wildman–Crippen MR) is 126 cm³/mol. The number of nitrogens with one attached hydrogen (secondary N) is 2. The summed E-state index contributed by atoms with van der Waals surface area (Å²) < 4.78 is 11.5. The molecule has 3 aromatic carbocycles. The lowest BCUT2D eigenvalue weighted by atomic mass is 9.98. The molecule has 0 aliphatic carbocycles. The maximum absolute atomic E-state index is 12.6. The van der Waals surface area contributed by atoms with Crippen molar-refractivity contribution in [3.05, 3.63) is 72.3 Å². The van der Waals surface area contributed by atoms with Crippen molar-refractivity contribution in [1.82, 2.24) is 10.9 Å². The van der Waals surface area contributed by atoms with Crippen molar-refractivity contribution in [3.8, 4) is 11.5 Å².